The summed E-state index contributed by atoms with van der Waals surface area (Å²) >= 11 is 3.74. The molecule has 0 saturated heterocycles. The zero-order valence-corrected chi connectivity index (χ0v) is 9.64. The molecule has 0 amide bonds. The van der Waals surface area contributed by atoms with Gasteiger partial charge in [0.2, 0.25) is 0 Å². The van der Waals surface area contributed by atoms with Crippen LogP contribution in [0.5, 0.6) is 0 Å². The molecule has 0 heterocycles. The fraction of sp³-hybridized carbons (Fsp3) is 1.00. The number of rotatable bonds is 3. The summed E-state index contributed by atoms with van der Waals surface area (Å²) in [6, 6.07) is 0. The van der Waals surface area contributed by atoms with Crippen LogP contribution in [0.25, 0.3) is 0 Å². The number of hydrogen-bond donors (Lipinski definition) is 0. The number of methoxy groups -OCH3 is 1. The Bertz CT molecular complexity index is 119. The molecule has 1 unspecified atom stereocenters. The van der Waals surface area contributed by atoms with E-state index < -0.39 is 0 Å². The molecule has 0 aromatic heterocycles. The van der Waals surface area contributed by atoms with Gasteiger partial charge in [0.1, 0.15) is 0 Å². The molecule has 1 rings (SSSR count). The molecule has 0 aliphatic heterocycles. The van der Waals surface area contributed by atoms with Crippen LogP contribution < -0.4 is 0 Å². The minimum atomic E-state index is 0.540. The average Bonchev–Trinajstić information content (AvgIpc) is 2.17. The third kappa shape index (κ3) is 2.74. The van der Waals surface area contributed by atoms with Crippen molar-refractivity contribution in [2.45, 2.75) is 50.0 Å². The van der Waals surface area contributed by atoms with Crippen molar-refractivity contribution >= 4 is 15.9 Å². The van der Waals surface area contributed by atoms with Crippen LogP contribution in [0.1, 0.15) is 39.0 Å². The molecular weight excluding hydrogens is 216 g/mol. The highest BCUT2D eigenvalue weighted by Crippen LogP contribution is 2.32. The van der Waals surface area contributed by atoms with E-state index in [1.54, 1.807) is 0 Å². The van der Waals surface area contributed by atoms with Gasteiger partial charge in [-0.05, 0) is 38.0 Å². The lowest BCUT2D eigenvalue weighted by Crippen LogP contribution is -2.25. The van der Waals surface area contributed by atoms with E-state index >= 15 is 0 Å². The fourth-order valence-corrected chi connectivity index (χ4v) is 2.55. The van der Waals surface area contributed by atoms with Crippen molar-refractivity contribution in [2.75, 3.05) is 7.11 Å². The van der Waals surface area contributed by atoms with Crippen LogP contribution in [-0.4, -0.2) is 18.0 Å². The van der Waals surface area contributed by atoms with Crippen LogP contribution in [0.4, 0.5) is 0 Å². The minimum Gasteiger partial charge on any atom is -0.381 e. The molecule has 12 heavy (non-hydrogen) atoms. The topological polar surface area (TPSA) is 9.23 Å². The maximum atomic E-state index is 5.34. The van der Waals surface area contributed by atoms with Crippen LogP contribution >= 0.6 is 15.9 Å². The van der Waals surface area contributed by atoms with Crippen molar-refractivity contribution in [3.05, 3.63) is 0 Å². The Labute approximate surface area is 84.0 Å². The number of halogens is 1. The molecule has 1 fully saturated rings. The second-order valence-electron chi connectivity index (χ2n) is 3.70. The minimum absolute atomic E-state index is 0.540. The van der Waals surface area contributed by atoms with Crippen molar-refractivity contribution in [3.63, 3.8) is 0 Å². The summed E-state index contributed by atoms with van der Waals surface area (Å²) in [6.07, 6.45) is 6.97. The largest absolute Gasteiger partial charge is 0.381 e. The highest BCUT2D eigenvalue weighted by Gasteiger charge is 2.24. The van der Waals surface area contributed by atoms with Crippen molar-refractivity contribution in [1.29, 1.82) is 0 Å². The van der Waals surface area contributed by atoms with Crippen LogP contribution in [-0.2, 0) is 4.74 Å². The van der Waals surface area contributed by atoms with Gasteiger partial charge in [-0.3, -0.25) is 0 Å². The normalized spacial score (nSPS) is 33.2. The summed E-state index contributed by atoms with van der Waals surface area (Å²) in [5.74, 6) is 0.890. The van der Waals surface area contributed by atoms with E-state index in [0.717, 1.165) is 10.7 Å². The van der Waals surface area contributed by atoms with E-state index in [9.17, 15) is 0 Å². The first kappa shape index (κ1) is 10.5. The Morgan fingerprint density at radius 3 is 2.33 bits per heavy atom. The molecular formula is C10H19BrO. The molecule has 1 aliphatic rings. The zero-order chi connectivity index (χ0) is 8.97. The molecule has 0 spiro atoms. The molecule has 72 valence electrons. The molecule has 1 saturated carbocycles. The Hall–Kier alpha value is 0.440. The Balaban J connectivity index is 2.25. The lowest BCUT2D eigenvalue weighted by Gasteiger charge is -2.30. The van der Waals surface area contributed by atoms with Crippen LogP contribution in [0.3, 0.4) is 0 Å². The summed E-state index contributed by atoms with van der Waals surface area (Å²) in [7, 11) is 1.83. The van der Waals surface area contributed by atoms with Gasteiger partial charge in [-0.1, -0.05) is 22.9 Å². The lowest BCUT2D eigenvalue weighted by molar-refractivity contribution is 0.0566. The monoisotopic (exact) mass is 234 g/mol. The van der Waals surface area contributed by atoms with E-state index in [2.05, 4.69) is 22.9 Å². The van der Waals surface area contributed by atoms with Crippen molar-refractivity contribution in [2.24, 2.45) is 5.92 Å². The quantitative estimate of drug-likeness (QED) is 0.681. The van der Waals surface area contributed by atoms with Crippen molar-refractivity contribution < 1.29 is 4.74 Å². The predicted molar refractivity (Wildman–Crippen MR) is 55.8 cm³/mol. The fourth-order valence-electron chi connectivity index (χ4n) is 2.02. The van der Waals surface area contributed by atoms with E-state index in [4.69, 9.17) is 4.74 Å². The first-order chi connectivity index (χ1) is 5.77. The van der Waals surface area contributed by atoms with Gasteiger partial charge in [0.15, 0.2) is 0 Å². The van der Waals surface area contributed by atoms with Crippen molar-refractivity contribution in [3.8, 4) is 0 Å². The standard InChI is InChI=1S/C10H19BrO/c1-3-10(11)8-4-6-9(12-2)7-5-8/h8-10H,3-7H2,1-2H3. The van der Waals surface area contributed by atoms with Gasteiger partial charge in [0, 0.05) is 11.9 Å². The van der Waals surface area contributed by atoms with Gasteiger partial charge in [-0.2, -0.15) is 0 Å². The van der Waals surface area contributed by atoms with Gasteiger partial charge >= 0.3 is 0 Å². The summed E-state index contributed by atoms with van der Waals surface area (Å²) in [6.45, 7) is 2.25. The van der Waals surface area contributed by atoms with Crippen LogP contribution in [0, 0.1) is 5.92 Å². The smallest absolute Gasteiger partial charge is 0.0571 e. The number of alkyl halides is 1. The molecule has 0 aromatic carbocycles. The average molecular weight is 235 g/mol. The van der Waals surface area contributed by atoms with Gasteiger partial charge in [0.05, 0.1) is 6.10 Å². The molecule has 0 radical (unpaired) electrons. The van der Waals surface area contributed by atoms with Gasteiger partial charge in [-0.25, -0.2) is 0 Å². The van der Waals surface area contributed by atoms with Crippen LogP contribution in [0.15, 0.2) is 0 Å². The maximum absolute atomic E-state index is 5.34. The SMILES string of the molecule is CCC(Br)C1CCC(OC)CC1. The molecule has 0 bridgehead atoms. The van der Waals surface area contributed by atoms with E-state index in [-0.39, 0.29) is 0 Å². The summed E-state index contributed by atoms with van der Waals surface area (Å²) < 4.78 is 5.34. The molecule has 1 aliphatic carbocycles. The van der Waals surface area contributed by atoms with E-state index in [0.29, 0.717) is 6.10 Å². The number of ether oxygens (including phenoxy) is 1. The Kier molecular flexibility index (Phi) is 4.59. The molecule has 0 N–H and O–H groups in total. The van der Waals surface area contributed by atoms with Gasteiger partial charge in [0.25, 0.3) is 0 Å². The second kappa shape index (κ2) is 5.23. The third-order valence-electron chi connectivity index (χ3n) is 2.95. The zero-order valence-electron chi connectivity index (χ0n) is 8.05. The Morgan fingerprint density at radius 1 is 1.33 bits per heavy atom. The highest BCUT2D eigenvalue weighted by molar-refractivity contribution is 9.09. The van der Waals surface area contributed by atoms with Gasteiger partial charge in [-0.15, -0.1) is 0 Å². The third-order valence-corrected chi connectivity index (χ3v) is 4.35. The van der Waals surface area contributed by atoms with E-state index in [1.165, 1.54) is 32.1 Å². The first-order valence-electron chi connectivity index (χ1n) is 4.94. The number of hydrogen-bond acceptors (Lipinski definition) is 1. The Morgan fingerprint density at radius 2 is 1.92 bits per heavy atom. The van der Waals surface area contributed by atoms with Crippen LogP contribution in [0.2, 0.25) is 0 Å². The summed E-state index contributed by atoms with van der Waals surface area (Å²) in [5.41, 5.74) is 0. The molecule has 2 heteroatoms. The lowest BCUT2D eigenvalue weighted by atomic mass is 9.84. The van der Waals surface area contributed by atoms with Crippen molar-refractivity contribution in [1.82, 2.24) is 0 Å². The van der Waals surface area contributed by atoms with E-state index in [1.807, 2.05) is 7.11 Å². The molecule has 0 aromatic rings. The summed E-state index contributed by atoms with van der Waals surface area (Å²) in [5, 5.41) is 0. The molecule has 1 nitrogen and oxygen atoms in total. The van der Waals surface area contributed by atoms with Gasteiger partial charge < -0.3 is 4.74 Å². The highest BCUT2D eigenvalue weighted by atomic mass is 79.9. The second-order valence-corrected chi connectivity index (χ2v) is 4.87. The predicted octanol–water partition coefficient (Wildman–Crippen LogP) is 3.37. The first-order valence-corrected chi connectivity index (χ1v) is 5.86. The maximum Gasteiger partial charge on any atom is 0.0571 e. The molecule has 1 atom stereocenters. The summed E-state index contributed by atoms with van der Waals surface area (Å²) in [4.78, 5) is 0.732.